The van der Waals surface area contributed by atoms with Gasteiger partial charge in [0.25, 0.3) is 0 Å². The molecular weight excluding hydrogens is 524 g/mol. The molecule has 2 aromatic rings. The van der Waals surface area contributed by atoms with Gasteiger partial charge < -0.3 is 28.7 Å². The summed E-state index contributed by atoms with van der Waals surface area (Å²) in [5, 5.41) is 0. The first-order valence-electron chi connectivity index (χ1n) is 14.4. The molecule has 0 aliphatic carbocycles. The minimum absolute atomic E-state index is 0.240. The van der Waals surface area contributed by atoms with E-state index in [1.54, 1.807) is 16.7 Å². The second kappa shape index (κ2) is 13.3. The fourth-order valence-electron chi connectivity index (χ4n) is 5.24. The number of hydrogen-bond donors (Lipinski definition) is 0. The van der Waals surface area contributed by atoms with Crippen LogP contribution in [0.5, 0.6) is 5.75 Å². The van der Waals surface area contributed by atoms with E-state index in [2.05, 4.69) is 0 Å². The van der Waals surface area contributed by atoms with E-state index in [9.17, 15) is 14.4 Å². The summed E-state index contributed by atoms with van der Waals surface area (Å²) in [6, 6.07) is 15.6. The lowest BCUT2D eigenvalue weighted by atomic mass is 9.76. The normalized spacial score (nSPS) is 16.4. The van der Waals surface area contributed by atoms with Crippen LogP contribution >= 0.6 is 0 Å². The van der Waals surface area contributed by atoms with Crippen molar-refractivity contribution in [2.24, 2.45) is 5.41 Å². The molecule has 41 heavy (non-hydrogen) atoms. The predicted octanol–water partition coefficient (Wildman–Crippen LogP) is 5.73. The van der Waals surface area contributed by atoms with Crippen LogP contribution in [0.15, 0.2) is 48.5 Å². The number of ether oxygens (including phenoxy) is 4. The summed E-state index contributed by atoms with van der Waals surface area (Å²) in [6.45, 7) is 10.1. The smallest absolute Gasteiger partial charge is 0.410 e. The Balaban J connectivity index is 1.32. The maximum absolute atomic E-state index is 13.0. The Hall–Kier alpha value is -3.75. The van der Waals surface area contributed by atoms with Crippen molar-refractivity contribution >= 4 is 18.2 Å². The van der Waals surface area contributed by atoms with Gasteiger partial charge in [0, 0.05) is 26.2 Å². The van der Waals surface area contributed by atoms with Gasteiger partial charge in [0.1, 0.15) is 18.0 Å². The summed E-state index contributed by atoms with van der Waals surface area (Å²) < 4.78 is 22.6. The van der Waals surface area contributed by atoms with E-state index in [-0.39, 0.29) is 24.8 Å². The molecule has 1 fully saturated rings. The second-order valence-corrected chi connectivity index (χ2v) is 11.7. The van der Waals surface area contributed by atoms with Gasteiger partial charge in [-0.1, -0.05) is 36.4 Å². The minimum Gasteiger partial charge on any atom is -0.494 e. The van der Waals surface area contributed by atoms with Crippen molar-refractivity contribution in [3.05, 3.63) is 65.2 Å². The molecule has 0 aromatic heterocycles. The van der Waals surface area contributed by atoms with Crippen LogP contribution in [0.2, 0.25) is 0 Å². The Morgan fingerprint density at radius 1 is 0.878 bits per heavy atom. The molecule has 0 saturated carbocycles. The number of carbonyl (C=O) groups is 3. The van der Waals surface area contributed by atoms with Gasteiger partial charge in [-0.15, -0.1) is 0 Å². The molecule has 0 radical (unpaired) electrons. The molecule has 9 nitrogen and oxygen atoms in total. The zero-order valence-corrected chi connectivity index (χ0v) is 24.6. The van der Waals surface area contributed by atoms with Gasteiger partial charge in [-0.3, -0.25) is 4.79 Å². The Kier molecular flexibility index (Phi) is 9.78. The molecule has 2 aliphatic heterocycles. The van der Waals surface area contributed by atoms with Crippen LogP contribution in [0.3, 0.4) is 0 Å². The molecule has 0 unspecified atom stereocenters. The van der Waals surface area contributed by atoms with E-state index < -0.39 is 11.0 Å². The molecule has 2 amide bonds. The molecule has 0 atom stereocenters. The number of benzene rings is 2. The van der Waals surface area contributed by atoms with Gasteiger partial charge in [0.2, 0.25) is 0 Å². The van der Waals surface area contributed by atoms with E-state index in [0.717, 1.165) is 17.5 Å². The third-order valence-corrected chi connectivity index (χ3v) is 7.58. The van der Waals surface area contributed by atoms with Crippen LogP contribution in [0.4, 0.5) is 9.59 Å². The molecule has 2 heterocycles. The van der Waals surface area contributed by atoms with E-state index in [1.807, 2.05) is 69.3 Å². The van der Waals surface area contributed by atoms with Crippen molar-refractivity contribution < 1.29 is 33.3 Å². The van der Waals surface area contributed by atoms with Gasteiger partial charge in [-0.05, 0) is 82.2 Å². The third-order valence-electron chi connectivity index (χ3n) is 7.58. The third kappa shape index (κ3) is 8.15. The minimum atomic E-state index is -0.720. The molecule has 2 aliphatic rings. The van der Waals surface area contributed by atoms with E-state index >= 15 is 0 Å². The lowest BCUT2D eigenvalue weighted by molar-refractivity contribution is -0.159. The number of amides is 2. The molecule has 0 spiro atoms. The summed E-state index contributed by atoms with van der Waals surface area (Å²) in [7, 11) is 0. The van der Waals surface area contributed by atoms with Crippen molar-refractivity contribution in [1.82, 2.24) is 9.80 Å². The van der Waals surface area contributed by atoms with Crippen LogP contribution in [0.1, 0.15) is 63.6 Å². The Morgan fingerprint density at radius 3 is 2.29 bits per heavy atom. The predicted molar refractivity (Wildman–Crippen MR) is 153 cm³/mol. The summed E-state index contributed by atoms with van der Waals surface area (Å²) in [5.74, 6) is 0.441. The summed E-state index contributed by atoms with van der Waals surface area (Å²) >= 11 is 0. The van der Waals surface area contributed by atoms with Gasteiger partial charge in [-0.2, -0.15) is 0 Å². The lowest BCUT2D eigenvalue weighted by Crippen LogP contribution is -2.49. The molecule has 0 N–H and O–H groups in total. The van der Waals surface area contributed by atoms with Gasteiger partial charge in [0.15, 0.2) is 0 Å². The zero-order valence-electron chi connectivity index (χ0n) is 24.6. The fourth-order valence-corrected chi connectivity index (χ4v) is 5.24. The number of nitrogens with zero attached hydrogens (tertiary/aromatic N) is 2. The highest BCUT2D eigenvalue weighted by Crippen LogP contribution is 2.37. The highest BCUT2D eigenvalue weighted by atomic mass is 16.6. The molecule has 2 aromatic carbocycles. The monoisotopic (exact) mass is 566 g/mol. The molecule has 4 rings (SSSR count). The maximum atomic E-state index is 13.0. The van der Waals surface area contributed by atoms with Gasteiger partial charge >= 0.3 is 18.2 Å². The van der Waals surface area contributed by atoms with E-state index in [1.165, 1.54) is 5.56 Å². The second-order valence-electron chi connectivity index (χ2n) is 11.7. The number of hydrogen-bond acceptors (Lipinski definition) is 7. The Morgan fingerprint density at radius 2 is 1.61 bits per heavy atom. The van der Waals surface area contributed by atoms with Crippen LogP contribution in [0, 0.1) is 5.41 Å². The van der Waals surface area contributed by atoms with Crippen molar-refractivity contribution in [1.29, 1.82) is 0 Å². The van der Waals surface area contributed by atoms with Gasteiger partial charge in [-0.25, -0.2) is 9.59 Å². The van der Waals surface area contributed by atoms with Gasteiger partial charge in [0.05, 0.1) is 18.6 Å². The standard InChI is InChI=1S/C32H42N2O7/c1-5-38-28(35)32(14-18-33(19-15-32)30(37)41-31(2,3)4)16-20-39-27-12-11-25-13-17-34(22-26(25)21-27)29(36)40-23-24-9-7-6-8-10-24/h6-12,21H,5,13-20,22-23H2,1-4H3. The van der Waals surface area contributed by atoms with E-state index in [0.29, 0.717) is 64.4 Å². The van der Waals surface area contributed by atoms with Crippen molar-refractivity contribution in [2.45, 2.75) is 72.1 Å². The maximum Gasteiger partial charge on any atom is 0.410 e. The first kappa shape index (κ1) is 30.2. The lowest BCUT2D eigenvalue weighted by Gasteiger charge is -2.40. The Labute approximate surface area is 242 Å². The molecule has 0 bridgehead atoms. The van der Waals surface area contributed by atoms with Crippen LogP contribution in [-0.4, -0.2) is 66.4 Å². The molecule has 1 saturated heterocycles. The SMILES string of the molecule is CCOC(=O)C1(CCOc2ccc3c(c2)CN(C(=O)OCc2ccccc2)CC3)CCN(C(=O)OC(C)(C)C)CC1. The summed E-state index contributed by atoms with van der Waals surface area (Å²) in [5.41, 5.74) is 1.86. The van der Waals surface area contributed by atoms with E-state index in [4.69, 9.17) is 18.9 Å². The number of esters is 1. The average Bonchev–Trinajstić information content (AvgIpc) is 2.95. The van der Waals surface area contributed by atoms with Crippen molar-refractivity contribution in [2.75, 3.05) is 32.8 Å². The fraction of sp³-hybridized carbons (Fsp3) is 0.531. The number of piperidine rings is 1. The number of rotatable bonds is 8. The number of fused-ring (bicyclic) bond motifs is 1. The number of likely N-dealkylation sites (tertiary alicyclic amines) is 1. The van der Waals surface area contributed by atoms with Crippen LogP contribution in [-0.2, 0) is 38.6 Å². The summed E-state index contributed by atoms with van der Waals surface area (Å²) in [4.78, 5) is 41.6. The highest BCUT2D eigenvalue weighted by molar-refractivity contribution is 5.77. The highest BCUT2D eigenvalue weighted by Gasteiger charge is 2.44. The quantitative estimate of drug-likeness (QED) is 0.297. The topological polar surface area (TPSA) is 94.6 Å². The molecular formula is C32H42N2O7. The van der Waals surface area contributed by atoms with Crippen molar-refractivity contribution in [3.63, 3.8) is 0 Å². The number of carbonyl (C=O) groups excluding carboxylic acids is 3. The molecule has 222 valence electrons. The van der Waals surface area contributed by atoms with Crippen LogP contribution in [0.25, 0.3) is 0 Å². The molecule has 9 heteroatoms. The van der Waals surface area contributed by atoms with Crippen molar-refractivity contribution in [3.8, 4) is 5.75 Å². The summed E-state index contributed by atoms with van der Waals surface area (Å²) in [6.07, 6.45) is 1.49. The zero-order chi connectivity index (χ0) is 29.5. The largest absolute Gasteiger partial charge is 0.494 e. The first-order chi connectivity index (χ1) is 19.6. The average molecular weight is 567 g/mol. The van der Waals surface area contributed by atoms with Crippen LogP contribution < -0.4 is 4.74 Å². The first-order valence-corrected chi connectivity index (χ1v) is 14.4. The Bertz CT molecular complexity index is 1200.